The molecule has 0 atom stereocenters. The minimum absolute atomic E-state index is 0.169. The Morgan fingerprint density at radius 3 is 2.26 bits per heavy atom. The molecule has 0 spiro atoms. The van der Waals surface area contributed by atoms with Crippen LogP contribution in [0.1, 0.15) is 0 Å². The Labute approximate surface area is 112 Å². The third-order valence-electron chi connectivity index (χ3n) is 2.25. The van der Waals surface area contributed by atoms with Gasteiger partial charge in [-0.1, -0.05) is 6.07 Å². The first-order chi connectivity index (χ1) is 8.63. The number of likely N-dealkylation sites (N-methyl/N-ethyl adjacent to an activating group) is 1. The lowest BCUT2D eigenvalue weighted by Crippen LogP contribution is -2.31. The van der Waals surface area contributed by atoms with Crippen LogP contribution in [0.2, 0.25) is 0 Å². The molecular weight excluding hydrogens is 295 g/mol. The number of hydrogen-bond acceptors (Lipinski definition) is 5. The van der Waals surface area contributed by atoms with E-state index in [4.69, 9.17) is 0 Å². The van der Waals surface area contributed by atoms with E-state index >= 15 is 0 Å². The minimum Gasteiger partial charge on any atom is -0.308 e. The Hall–Kier alpha value is -1.03. The molecule has 0 radical (unpaired) electrons. The van der Waals surface area contributed by atoms with Crippen molar-refractivity contribution in [3.63, 3.8) is 0 Å². The van der Waals surface area contributed by atoms with Crippen LogP contribution < -0.4 is 4.72 Å². The number of sulfonamides is 1. The maximum Gasteiger partial charge on any atom is 0.332 e. The zero-order chi connectivity index (χ0) is 14.7. The molecule has 0 saturated carbocycles. The van der Waals surface area contributed by atoms with E-state index in [2.05, 4.69) is 4.72 Å². The van der Waals surface area contributed by atoms with Gasteiger partial charge in [0.2, 0.25) is 10.0 Å². The summed E-state index contributed by atoms with van der Waals surface area (Å²) in [7, 11) is -5.20. The summed E-state index contributed by atoms with van der Waals surface area (Å²) in [6, 6.07) is 4.15. The molecule has 19 heavy (non-hydrogen) atoms. The Morgan fingerprint density at radius 2 is 1.74 bits per heavy atom. The number of hydrogen-bond donors (Lipinski definition) is 1. The van der Waals surface area contributed by atoms with E-state index < -0.39 is 25.1 Å². The van der Waals surface area contributed by atoms with Gasteiger partial charge in [0.25, 0.3) is 0 Å². The van der Waals surface area contributed by atoms with E-state index in [0.717, 1.165) is 12.1 Å². The van der Waals surface area contributed by atoms with E-state index in [-0.39, 0.29) is 11.4 Å². The molecule has 0 unspecified atom stereocenters. The van der Waals surface area contributed by atoms with Gasteiger partial charge in [-0.2, -0.15) is 8.42 Å². The monoisotopic (exact) mass is 310 g/mol. The molecule has 0 bridgehead atoms. The van der Waals surface area contributed by atoms with Crippen LogP contribution in [0, 0.1) is 0 Å². The highest BCUT2D eigenvalue weighted by molar-refractivity contribution is 7.89. The molecular formula is C10H15FN2O4S2. The highest BCUT2D eigenvalue weighted by atomic mass is 32.3. The van der Waals surface area contributed by atoms with Crippen LogP contribution in [-0.4, -0.2) is 48.9 Å². The van der Waals surface area contributed by atoms with Gasteiger partial charge in [-0.15, -0.1) is 3.89 Å². The summed E-state index contributed by atoms with van der Waals surface area (Å²) < 4.78 is 60.2. The molecule has 1 aromatic rings. The summed E-state index contributed by atoms with van der Waals surface area (Å²) in [5.41, 5.74) is 0. The summed E-state index contributed by atoms with van der Waals surface area (Å²) in [6.07, 6.45) is 0. The lowest BCUT2D eigenvalue weighted by molar-refractivity contribution is 0.412. The topological polar surface area (TPSA) is 83.6 Å². The largest absolute Gasteiger partial charge is 0.332 e. The van der Waals surface area contributed by atoms with Gasteiger partial charge in [-0.05, 0) is 32.3 Å². The van der Waals surface area contributed by atoms with Crippen molar-refractivity contribution in [2.24, 2.45) is 0 Å². The molecule has 1 N–H and O–H groups in total. The van der Waals surface area contributed by atoms with Gasteiger partial charge in [0, 0.05) is 13.1 Å². The number of benzene rings is 1. The normalized spacial score (nSPS) is 12.8. The Balaban J connectivity index is 2.96. The van der Waals surface area contributed by atoms with Gasteiger partial charge in [-0.25, -0.2) is 13.1 Å². The van der Waals surface area contributed by atoms with Crippen LogP contribution in [0.4, 0.5) is 3.89 Å². The van der Waals surface area contributed by atoms with Gasteiger partial charge < -0.3 is 4.90 Å². The van der Waals surface area contributed by atoms with Crippen molar-refractivity contribution in [3.05, 3.63) is 24.3 Å². The van der Waals surface area contributed by atoms with E-state index in [1.54, 1.807) is 19.0 Å². The van der Waals surface area contributed by atoms with Crippen molar-refractivity contribution in [2.45, 2.75) is 9.79 Å². The van der Waals surface area contributed by atoms with Gasteiger partial charge >= 0.3 is 10.2 Å². The first-order valence-corrected chi connectivity index (χ1v) is 8.19. The predicted molar refractivity (Wildman–Crippen MR) is 68.5 cm³/mol. The molecule has 9 heteroatoms. The van der Waals surface area contributed by atoms with E-state index in [1.165, 1.54) is 12.1 Å². The number of nitrogens with zero attached hydrogens (tertiary/aromatic N) is 1. The fourth-order valence-electron chi connectivity index (χ4n) is 1.28. The molecule has 0 aromatic heterocycles. The van der Waals surface area contributed by atoms with Crippen molar-refractivity contribution in [1.29, 1.82) is 0 Å². The maximum atomic E-state index is 12.8. The Morgan fingerprint density at radius 1 is 1.16 bits per heavy atom. The summed E-state index contributed by atoms with van der Waals surface area (Å²) in [4.78, 5) is 0.818. The molecule has 0 fully saturated rings. The highest BCUT2D eigenvalue weighted by Crippen LogP contribution is 2.17. The average Bonchev–Trinajstić information content (AvgIpc) is 2.27. The molecule has 0 aliphatic rings. The number of halogens is 1. The minimum atomic E-state index is -4.92. The smallest absolute Gasteiger partial charge is 0.308 e. The molecule has 108 valence electrons. The lowest BCUT2D eigenvalue weighted by Gasteiger charge is -2.11. The molecule has 1 rings (SSSR count). The third kappa shape index (κ3) is 4.86. The van der Waals surface area contributed by atoms with Crippen molar-refractivity contribution < 1.29 is 20.7 Å². The predicted octanol–water partition coefficient (Wildman–Crippen LogP) is 0.185. The van der Waals surface area contributed by atoms with Gasteiger partial charge in [-0.3, -0.25) is 0 Å². The fraction of sp³-hybridized carbons (Fsp3) is 0.400. The van der Waals surface area contributed by atoms with Crippen molar-refractivity contribution >= 4 is 20.2 Å². The van der Waals surface area contributed by atoms with Crippen LogP contribution in [0.15, 0.2) is 34.1 Å². The zero-order valence-electron chi connectivity index (χ0n) is 10.5. The lowest BCUT2D eigenvalue weighted by atomic mass is 10.4. The first-order valence-electron chi connectivity index (χ1n) is 5.32. The summed E-state index contributed by atoms with van der Waals surface area (Å²) in [6.45, 7) is 0.655. The second kappa shape index (κ2) is 5.95. The maximum absolute atomic E-state index is 12.8. The molecule has 0 aliphatic carbocycles. The van der Waals surface area contributed by atoms with Crippen molar-refractivity contribution in [1.82, 2.24) is 9.62 Å². The molecule has 0 amide bonds. The second-order valence-corrected chi connectivity index (χ2v) is 7.23. The average molecular weight is 310 g/mol. The third-order valence-corrected chi connectivity index (χ3v) is 4.52. The Bertz CT molecular complexity index is 641. The molecule has 0 saturated heterocycles. The van der Waals surface area contributed by atoms with E-state index in [0.29, 0.717) is 6.54 Å². The Kier molecular flexibility index (Phi) is 5.02. The number of rotatable bonds is 6. The summed E-state index contributed by atoms with van der Waals surface area (Å²) in [5, 5.41) is 0. The van der Waals surface area contributed by atoms with E-state index in [1.807, 2.05) is 0 Å². The highest BCUT2D eigenvalue weighted by Gasteiger charge is 2.18. The summed E-state index contributed by atoms with van der Waals surface area (Å²) >= 11 is 0. The molecule has 6 nitrogen and oxygen atoms in total. The SMILES string of the molecule is CN(C)CCNS(=O)(=O)c1cccc(S(=O)(=O)F)c1. The van der Waals surface area contributed by atoms with Gasteiger partial charge in [0.15, 0.2) is 0 Å². The van der Waals surface area contributed by atoms with Crippen molar-refractivity contribution in [2.75, 3.05) is 27.2 Å². The quantitative estimate of drug-likeness (QED) is 0.758. The van der Waals surface area contributed by atoms with Gasteiger partial charge in [0.05, 0.1) is 9.79 Å². The summed E-state index contributed by atoms with van der Waals surface area (Å²) in [5.74, 6) is 0. The number of nitrogens with one attached hydrogen (secondary N) is 1. The zero-order valence-corrected chi connectivity index (χ0v) is 12.1. The standard InChI is InChI=1S/C10H15FN2O4S2/c1-13(2)7-6-12-19(16,17)10-5-3-4-9(8-10)18(11,14)15/h3-5,8,12H,6-7H2,1-2H3. The molecule has 0 aliphatic heterocycles. The second-order valence-electron chi connectivity index (χ2n) is 4.11. The van der Waals surface area contributed by atoms with Crippen LogP contribution in [0.25, 0.3) is 0 Å². The van der Waals surface area contributed by atoms with Crippen LogP contribution >= 0.6 is 0 Å². The fourth-order valence-corrected chi connectivity index (χ4v) is 2.93. The van der Waals surface area contributed by atoms with Crippen molar-refractivity contribution in [3.8, 4) is 0 Å². The molecule has 0 heterocycles. The first kappa shape index (κ1) is 16.0. The molecule has 1 aromatic carbocycles. The van der Waals surface area contributed by atoms with Gasteiger partial charge in [0.1, 0.15) is 0 Å². The van der Waals surface area contributed by atoms with Crippen LogP contribution in [0.5, 0.6) is 0 Å². The van der Waals surface area contributed by atoms with Crippen LogP contribution in [-0.2, 0) is 20.2 Å². The van der Waals surface area contributed by atoms with E-state index in [9.17, 15) is 20.7 Å². The van der Waals surface area contributed by atoms with Crippen LogP contribution in [0.3, 0.4) is 0 Å².